The second-order valence-corrected chi connectivity index (χ2v) is 16.4. The summed E-state index contributed by atoms with van der Waals surface area (Å²) in [7, 11) is 0. The number of rotatable bonds is 31. The smallest absolute Gasteiger partial charge is 0.338 e. The molecule has 0 bridgehead atoms. The molecule has 8 nitrogen and oxygen atoms in total. The molecule has 0 spiro atoms. The SMILES string of the molecule is C#Cc1ccc(C(=O)OCCCCCCCCOc2cc3c4cc(OCCCC)c(OCCCC)cc4c4cc(OCCCC)c(OCCCC)cc4c3cc2OCCCC)cc1. The molecule has 0 saturated carbocycles. The van der Waals surface area contributed by atoms with Gasteiger partial charge in [0.1, 0.15) is 0 Å². The molecule has 0 N–H and O–H groups in total. The maximum atomic E-state index is 12.4. The Bertz CT molecular complexity index is 2160. The van der Waals surface area contributed by atoms with Crippen molar-refractivity contribution < 1.29 is 38.0 Å². The molecule has 0 amide bonds. The van der Waals surface area contributed by atoms with E-state index in [0.717, 1.165) is 175 Å². The van der Waals surface area contributed by atoms with Crippen LogP contribution in [0.1, 0.15) is 153 Å². The summed E-state index contributed by atoms with van der Waals surface area (Å²) in [5.74, 6) is 6.77. The number of unbranched alkanes of at least 4 members (excludes halogenated alkanes) is 10. The second kappa shape index (κ2) is 27.0. The van der Waals surface area contributed by atoms with E-state index in [1.165, 1.54) is 0 Å². The fourth-order valence-corrected chi connectivity index (χ4v) is 7.37. The summed E-state index contributed by atoms with van der Waals surface area (Å²) in [6, 6.07) is 19.9. The first-order valence-electron chi connectivity index (χ1n) is 24.0. The summed E-state index contributed by atoms with van der Waals surface area (Å²) in [6.07, 6.45) is 21.3. The van der Waals surface area contributed by atoms with Crippen molar-refractivity contribution in [1.82, 2.24) is 0 Å². The van der Waals surface area contributed by atoms with Gasteiger partial charge < -0.3 is 33.2 Å². The molecule has 5 aromatic rings. The summed E-state index contributed by atoms with van der Waals surface area (Å²) in [5, 5.41) is 6.36. The van der Waals surface area contributed by atoms with Crippen molar-refractivity contribution in [2.24, 2.45) is 0 Å². The molecular weight excluding hydrogens is 789 g/mol. The largest absolute Gasteiger partial charge is 0.490 e. The van der Waals surface area contributed by atoms with E-state index in [9.17, 15) is 4.79 Å². The van der Waals surface area contributed by atoms with Gasteiger partial charge in [-0.2, -0.15) is 0 Å². The van der Waals surface area contributed by atoms with E-state index in [-0.39, 0.29) is 5.97 Å². The van der Waals surface area contributed by atoms with Gasteiger partial charge in [-0.3, -0.25) is 0 Å². The van der Waals surface area contributed by atoms with Crippen LogP contribution in [0.5, 0.6) is 34.5 Å². The van der Waals surface area contributed by atoms with Crippen LogP contribution in [0.2, 0.25) is 0 Å². The molecule has 0 aromatic heterocycles. The molecule has 0 atom stereocenters. The van der Waals surface area contributed by atoms with Crippen LogP contribution in [0.25, 0.3) is 32.3 Å². The van der Waals surface area contributed by atoms with Crippen LogP contribution in [0, 0.1) is 12.3 Å². The van der Waals surface area contributed by atoms with Crippen LogP contribution in [0.4, 0.5) is 0 Å². The Labute approximate surface area is 377 Å². The highest BCUT2D eigenvalue weighted by atomic mass is 16.5. The highest BCUT2D eigenvalue weighted by Crippen LogP contribution is 2.47. The van der Waals surface area contributed by atoms with Gasteiger partial charge in [-0.1, -0.05) is 98.3 Å². The average Bonchev–Trinajstić information content (AvgIpc) is 3.30. The van der Waals surface area contributed by atoms with Gasteiger partial charge in [0.05, 0.1) is 51.8 Å². The van der Waals surface area contributed by atoms with Gasteiger partial charge in [-0.15, -0.1) is 6.42 Å². The summed E-state index contributed by atoms with van der Waals surface area (Å²) < 4.78 is 44.5. The summed E-state index contributed by atoms with van der Waals surface area (Å²) in [4.78, 5) is 12.4. The lowest BCUT2D eigenvalue weighted by atomic mass is 9.93. The normalized spacial score (nSPS) is 11.2. The van der Waals surface area contributed by atoms with E-state index in [1.807, 2.05) is 0 Å². The molecule has 0 heterocycles. The first kappa shape index (κ1) is 48.7. The zero-order valence-corrected chi connectivity index (χ0v) is 38.9. The standard InChI is InChI=1S/C55H72O8/c1-7-13-28-57-49-35-43-44-36-50(58-29-14-8-2)52(60-31-16-10-4)38-46(44)48-40-54(53(61-32-17-11-5)39-47(48)45(43)37-51(49)59-30-15-9-3)62-33-22-20-18-19-21-23-34-63-55(56)42-26-24-41(12-6)25-27-42/h6,24-27,35-40H,7-11,13-23,28-34H2,1-5H3. The quantitative estimate of drug-likeness (QED) is 0.0189. The van der Waals surface area contributed by atoms with Crippen LogP contribution in [-0.2, 0) is 4.74 Å². The van der Waals surface area contributed by atoms with Gasteiger partial charge in [0.2, 0.25) is 0 Å². The topological polar surface area (TPSA) is 81.7 Å². The molecule has 0 unspecified atom stereocenters. The Morgan fingerprint density at radius 2 is 0.667 bits per heavy atom. The van der Waals surface area contributed by atoms with Crippen LogP contribution in [-0.4, -0.2) is 52.2 Å². The molecule has 5 rings (SSSR count). The van der Waals surface area contributed by atoms with E-state index < -0.39 is 0 Å². The number of hydrogen-bond acceptors (Lipinski definition) is 8. The third-order valence-corrected chi connectivity index (χ3v) is 11.2. The van der Waals surface area contributed by atoms with Gasteiger partial charge in [0.15, 0.2) is 34.5 Å². The Morgan fingerprint density at radius 3 is 0.952 bits per heavy atom. The van der Waals surface area contributed by atoms with Crippen molar-refractivity contribution in [3.8, 4) is 46.8 Å². The van der Waals surface area contributed by atoms with E-state index in [1.54, 1.807) is 24.3 Å². The monoisotopic (exact) mass is 861 g/mol. The number of terminal acetylenes is 1. The number of carbonyl (C=O) groups excluding carboxylic acids is 1. The van der Waals surface area contributed by atoms with Crippen molar-refractivity contribution in [2.75, 3.05) is 46.2 Å². The lowest BCUT2D eigenvalue weighted by molar-refractivity contribution is 0.0497. The third-order valence-electron chi connectivity index (χ3n) is 11.2. The number of carbonyl (C=O) groups is 1. The zero-order chi connectivity index (χ0) is 44.7. The molecule has 0 aliphatic heterocycles. The molecule has 8 heteroatoms. The molecular formula is C55H72O8. The average molecular weight is 861 g/mol. The van der Waals surface area contributed by atoms with Crippen LogP contribution in [0.3, 0.4) is 0 Å². The molecule has 0 fully saturated rings. The first-order chi connectivity index (χ1) is 31.0. The van der Waals surface area contributed by atoms with Crippen molar-refractivity contribution in [3.63, 3.8) is 0 Å². The van der Waals surface area contributed by atoms with Gasteiger partial charge in [-0.05, 0) is 138 Å². The number of hydrogen-bond donors (Lipinski definition) is 0. The van der Waals surface area contributed by atoms with Gasteiger partial charge >= 0.3 is 5.97 Å². The highest BCUT2D eigenvalue weighted by molar-refractivity contribution is 6.26. The zero-order valence-electron chi connectivity index (χ0n) is 38.9. The molecule has 5 aromatic carbocycles. The van der Waals surface area contributed by atoms with Gasteiger partial charge in [0, 0.05) is 5.56 Å². The Morgan fingerprint density at radius 1 is 0.397 bits per heavy atom. The van der Waals surface area contributed by atoms with Crippen molar-refractivity contribution in [2.45, 2.75) is 137 Å². The van der Waals surface area contributed by atoms with Crippen LogP contribution >= 0.6 is 0 Å². The predicted molar refractivity (Wildman–Crippen MR) is 259 cm³/mol. The Kier molecular flexibility index (Phi) is 20.9. The number of fused-ring (bicyclic) bond motifs is 6. The molecule has 0 saturated heterocycles. The fraction of sp³-hybridized carbons (Fsp3) is 0.509. The van der Waals surface area contributed by atoms with E-state index in [0.29, 0.717) is 51.8 Å². The number of esters is 1. The maximum Gasteiger partial charge on any atom is 0.338 e. The fourth-order valence-electron chi connectivity index (χ4n) is 7.37. The van der Waals surface area contributed by atoms with Crippen molar-refractivity contribution >= 4 is 38.3 Å². The first-order valence-corrected chi connectivity index (χ1v) is 24.0. The predicted octanol–water partition coefficient (Wildman–Crippen LogP) is 14.6. The summed E-state index contributed by atoms with van der Waals surface area (Å²) in [5.41, 5.74) is 1.26. The molecule has 0 aliphatic carbocycles. The number of ether oxygens (including phenoxy) is 7. The lowest BCUT2D eigenvalue weighted by Gasteiger charge is -2.20. The summed E-state index contributed by atoms with van der Waals surface area (Å²) >= 11 is 0. The lowest BCUT2D eigenvalue weighted by Crippen LogP contribution is -2.06. The minimum absolute atomic E-state index is 0.312. The number of benzene rings is 5. The van der Waals surface area contributed by atoms with Crippen LogP contribution in [0.15, 0.2) is 60.7 Å². The molecule has 0 aliphatic rings. The van der Waals surface area contributed by atoms with Gasteiger partial charge in [-0.25, -0.2) is 4.79 Å². The minimum atomic E-state index is -0.312. The molecule has 340 valence electrons. The van der Waals surface area contributed by atoms with E-state index in [2.05, 4.69) is 76.9 Å². The third kappa shape index (κ3) is 14.4. The van der Waals surface area contributed by atoms with Crippen molar-refractivity contribution in [1.29, 1.82) is 0 Å². The molecule has 0 radical (unpaired) electrons. The Hall–Kier alpha value is -5.29. The second-order valence-electron chi connectivity index (χ2n) is 16.4. The van der Waals surface area contributed by atoms with Crippen LogP contribution < -0.4 is 28.4 Å². The minimum Gasteiger partial charge on any atom is -0.490 e. The maximum absolute atomic E-state index is 12.4. The highest BCUT2D eigenvalue weighted by Gasteiger charge is 2.21. The van der Waals surface area contributed by atoms with Gasteiger partial charge in [0.25, 0.3) is 0 Å². The summed E-state index contributed by atoms with van der Waals surface area (Å²) in [6.45, 7) is 14.9. The Balaban J connectivity index is 1.43. The van der Waals surface area contributed by atoms with E-state index >= 15 is 0 Å². The van der Waals surface area contributed by atoms with Crippen molar-refractivity contribution in [3.05, 3.63) is 71.8 Å². The van der Waals surface area contributed by atoms with E-state index in [4.69, 9.17) is 39.6 Å². The molecule has 63 heavy (non-hydrogen) atoms.